The minimum atomic E-state index is 0.132. The summed E-state index contributed by atoms with van der Waals surface area (Å²) in [5.41, 5.74) is 1.32. The van der Waals surface area contributed by atoms with E-state index in [2.05, 4.69) is 36.1 Å². The Morgan fingerprint density at radius 3 is 2.48 bits per heavy atom. The Morgan fingerprint density at radius 1 is 1.13 bits per heavy atom. The Morgan fingerprint density at radius 2 is 1.83 bits per heavy atom. The lowest BCUT2D eigenvalue weighted by atomic mass is 9.96. The Hall–Kier alpha value is -1.43. The van der Waals surface area contributed by atoms with E-state index in [1.54, 1.807) is 7.11 Å². The molecule has 0 aromatic heterocycles. The van der Waals surface area contributed by atoms with Gasteiger partial charge in [-0.05, 0) is 11.5 Å². The third kappa shape index (κ3) is 3.91. The number of piperazine rings is 1. The third-order valence-electron chi connectivity index (χ3n) is 5.06. The van der Waals surface area contributed by atoms with Crippen LogP contribution in [0.3, 0.4) is 0 Å². The van der Waals surface area contributed by atoms with E-state index >= 15 is 0 Å². The molecule has 0 bridgehead atoms. The van der Waals surface area contributed by atoms with Gasteiger partial charge in [0.15, 0.2) is 0 Å². The van der Waals surface area contributed by atoms with Gasteiger partial charge in [-0.1, -0.05) is 37.3 Å². The number of benzene rings is 1. The minimum Gasteiger partial charge on any atom is -0.340 e. The van der Waals surface area contributed by atoms with E-state index in [4.69, 9.17) is 4.84 Å². The maximum atomic E-state index is 12.8. The highest BCUT2D eigenvalue weighted by Gasteiger charge is 2.37. The van der Waals surface area contributed by atoms with Crippen molar-refractivity contribution in [2.24, 2.45) is 11.8 Å². The maximum absolute atomic E-state index is 12.8. The maximum Gasteiger partial charge on any atom is 0.227 e. The van der Waals surface area contributed by atoms with E-state index in [0.717, 1.165) is 45.8 Å². The molecule has 1 aromatic carbocycles. The molecule has 2 atom stereocenters. The van der Waals surface area contributed by atoms with Gasteiger partial charge in [0.05, 0.1) is 13.0 Å². The van der Waals surface area contributed by atoms with Crippen molar-refractivity contribution >= 4 is 5.91 Å². The molecule has 126 valence electrons. The fraction of sp³-hybridized carbons (Fsp3) is 0.611. The number of amides is 1. The summed E-state index contributed by atoms with van der Waals surface area (Å²) in [6.45, 7) is 8.17. The number of likely N-dealkylation sites (tertiary alicyclic amines) is 1. The van der Waals surface area contributed by atoms with Crippen molar-refractivity contribution in [1.29, 1.82) is 0 Å². The standard InChI is InChI=1S/C18H27N3O2/c1-15-12-19(13-16-6-4-3-5-7-16)14-17(15)18(22)20-8-10-21(23-2)11-9-20/h3-7,15,17H,8-14H2,1-2H3. The van der Waals surface area contributed by atoms with Gasteiger partial charge in [-0.2, -0.15) is 5.06 Å². The van der Waals surface area contributed by atoms with Gasteiger partial charge in [0.1, 0.15) is 0 Å². The molecule has 2 aliphatic heterocycles. The molecule has 0 saturated carbocycles. The van der Waals surface area contributed by atoms with Crippen LogP contribution in [0.1, 0.15) is 12.5 Å². The fourth-order valence-corrected chi connectivity index (χ4v) is 3.68. The molecule has 2 heterocycles. The monoisotopic (exact) mass is 317 g/mol. The molecule has 23 heavy (non-hydrogen) atoms. The van der Waals surface area contributed by atoms with Gasteiger partial charge in [-0.25, -0.2) is 0 Å². The quantitative estimate of drug-likeness (QED) is 0.842. The molecule has 1 aromatic rings. The van der Waals surface area contributed by atoms with E-state index in [1.807, 2.05) is 16.0 Å². The summed E-state index contributed by atoms with van der Waals surface area (Å²) < 4.78 is 0. The molecule has 0 radical (unpaired) electrons. The second-order valence-corrected chi connectivity index (χ2v) is 6.70. The van der Waals surface area contributed by atoms with Crippen molar-refractivity contribution in [2.45, 2.75) is 13.5 Å². The Labute approximate surface area is 138 Å². The predicted octanol–water partition coefficient (Wildman–Crippen LogP) is 1.46. The fourth-order valence-electron chi connectivity index (χ4n) is 3.68. The van der Waals surface area contributed by atoms with Crippen LogP contribution in [0, 0.1) is 11.8 Å². The molecule has 5 nitrogen and oxygen atoms in total. The molecule has 2 unspecified atom stereocenters. The lowest BCUT2D eigenvalue weighted by Crippen LogP contribution is -2.50. The SMILES string of the molecule is CON1CCN(C(=O)C2CN(Cc3ccccc3)CC2C)CC1. The Kier molecular flexibility index (Phi) is 5.30. The molecule has 5 heteroatoms. The van der Waals surface area contributed by atoms with Crippen molar-refractivity contribution < 1.29 is 9.63 Å². The number of carbonyl (C=O) groups is 1. The van der Waals surface area contributed by atoms with Crippen molar-refractivity contribution in [3.05, 3.63) is 35.9 Å². The molecule has 2 saturated heterocycles. The van der Waals surface area contributed by atoms with E-state index < -0.39 is 0 Å². The van der Waals surface area contributed by atoms with Crippen molar-refractivity contribution in [2.75, 3.05) is 46.4 Å². The van der Waals surface area contributed by atoms with Crippen LogP contribution in [-0.4, -0.2) is 67.1 Å². The summed E-state index contributed by atoms with van der Waals surface area (Å²) in [6.07, 6.45) is 0. The van der Waals surface area contributed by atoms with E-state index in [1.165, 1.54) is 5.56 Å². The molecule has 2 fully saturated rings. The first kappa shape index (κ1) is 16.4. The van der Waals surface area contributed by atoms with E-state index in [0.29, 0.717) is 11.8 Å². The Balaban J connectivity index is 1.55. The lowest BCUT2D eigenvalue weighted by Gasteiger charge is -2.35. The zero-order chi connectivity index (χ0) is 16.2. The number of hydrogen-bond acceptors (Lipinski definition) is 4. The molecule has 0 N–H and O–H groups in total. The second kappa shape index (κ2) is 7.43. The first-order chi connectivity index (χ1) is 11.2. The molecule has 3 rings (SSSR count). The van der Waals surface area contributed by atoms with Crippen molar-refractivity contribution in [1.82, 2.24) is 14.9 Å². The normalized spacial score (nSPS) is 26.6. The van der Waals surface area contributed by atoms with Gasteiger partial charge in [0.25, 0.3) is 0 Å². The lowest BCUT2D eigenvalue weighted by molar-refractivity contribution is -0.163. The van der Waals surface area contributed by atoms with E-state index in [9.17, 15) is 4.79 Å². The summed E-state index contributed by atoms with van der Waals surface area (Å²) >= 11 is 0. The predicted molar refractivity (Wildman–Crippen MR) is 89.5 cm³/mol. The third-order valence-corrected chi connectivity index (χ3v) is 5.06. The molecule has 1 amide bonds. The van der Waals surface area contributed by atoms with Crippen LogP contribution in [0.2, 0.25) is 0 Å². The number of nitrogens with zero attached hydrogens (tertiary/aromatic N) is 3. The van der Waals surface area contributed by atoms with Crippen LogP contribution >= 0.6 is 0 Å². The number of hydrogen-bond donors (Lipinski definition) is 0. The highest BCUT2D eigenvalue weighted by molar-refractivity contribution is 5.79. The zero-order valence-corrected chi connectivity index (χ0v) is 14.1. The topological polar surface area (TPSA) is 36.0 Å². The van der Waals surface area contributed by atoms with Crippen LogP contribution in [0.15, 0.2) is 30.3 Å². The molecule has 0 aliphatic carbocycles. The van der Waals surface area contributed by atoms with Crippen molar-refractivity contribution in [3.63, 3.8) is 0 Å². The summed E-state index contributed by atoms with van der Waals surface area (Å²) in [4.78, 5) is 22.5. The number of rotatable bonds is 4. The highest BCUT2D eigenvalue weighted by atomic mass is 16.7. The van der Waals surface area contributed by atoms with Gasteiger partial charge in [0, 0.05) is 45.8 Å². The Bertz CT molecular complexity index is 514. The summed E-state index contributed by atoms with van der Waals surface area (Å²) in [7, 11) is 1.69. The zero-order valence-electron chi connectivity index (χ0n) is 14.1. The van der Waals surface area contributed by atoms with Crippen LogP contribution in [0.25, 0.3) is 0 Å². The average Bonchev–Trinajstić information content (AvgIpc) is 2.95. The van der Waals surface area contributed by atoms with Crippen LogP contribution in [0.4, 0.5) is 0 Å². The minimum absolute atomic E-state index is 0.132. The summed E-state index contributed by atoms with van der Waals surface area (Å²) in [6, 6.07) is 10.5. The van der Waals surface area contributed by atoms with Gasteiger partial charge in [-0.15, -0.1) is 0 Å². The number of hydroxylamine groups is 2. The second-order valence-electron chi connectivity index (χ2n) is 6.70. The van der Waals surface area contributed by atoms with E-state index in [-0.39, 0.29) is 5.92 Å². The van der Waals surface area contributed by atoms with Gasteiger partial charge >= 0.3 is 0 Å². The van der Waals surface area contributed by atoms with Gasteiger partial charge < -0.3 is 9.74 Å². The summed E-state index contributed by atoms with van der Waals surface area (Å²) in [5, 5.41) is 1.92. The highest BCUT2D eigenvalue weighted by Crippen LogP contribution is 2.26. The molecular formula is C18H27N3O2. The first-order valence-corrected chi connectivity index (χ1v) is 8.51. The molecule has 2 aliphatic rings. The summed E-state index contributed by atoms with van der Waals surface area (Å²) in [5.74, 6) is 0.878. The number of carbonyl (C=O) groups excluding carboxylic acids is 1. The van der Waals surface area contributed by atoms with Crippen LogP contribution < -0.4 is 0 Å². The average molecular weight is 317 g/mol. The van der Waals surface area contributed by atoms with Gasteiger partial charge in [-0.3, -0.25) is 9.69 Å². The van der Waals surface area contributed by atoms with Crippen LogP contribution in [-0.2, 0) is 16.2 Å². The van der Waals surface area contributed by atoms with Crippen molar-refractivity contribution in [3.8, 4) is 0 Å². The van der Waals surface area contributed by atoms with Crippen LogP contribution in [0.5, 0.6) is 0 Å². The van der Waals surface area contributed by atoms with Gasteiger partial charge in [0.2, 0.25) is 5.91 Å². The smallest absolute Gasteiger partial charge is 0.227 e. The first-order valence-electron chi connectivity index (χ1n) is 8.51. The molecule has 0 spiro atoms. The largest absolute Gasteiger partial charge is 0.340 e. The molecular weight excluding hydrogens is 290 g/mol.